The van der Waals surface area contributed by atoms with E-state index < -0.39 is 31.1 Å². The number of rotatable bonds is 5. The number of carboxylic acid groups (broad SMARTS) is 2. The Kier molecular flexibility index (Phi) is 5.80. The van der Waals surface area contributed by atoms with Gasteiger partial charge in [-0.3, -0.25) is 9.59 Å². The number of hydrogen-bond donors (Lipinski definition) is 3. The minimum absolute atomic E-state index is 0.101. The lowest BCUT2D eigenvalue weighted by molar-refractivity contribution is -0.140. The summed E-state index contributed by atoms with van der Waals surface area (Å²) in [4.78, 5) is 33.9. The molecule has 7 nitrogen and oxygen atoms in total. The molecule has 0 aliphatic carbocycles. The number of amides is 2. The minimum atomic E-state index is -1.34. The van der Waals surface area contributed by atoms with Gasteiger partial charge in [-0.2, -0.15) is 0 Å². The Morgan fingerprint density at radius 2 is 1.67 bits per heavy atom. The number of carboxylic acids is 2. The average Bonchev–Trinajstić information content (AvgIpc) is 2.37. The number of benzene rings is 1. The lowest BCUT2D eigenvalue weighted by Crippen LogP contribution is -2.42. The zero-order chi connectivity index (χ0) is 16.2. The van der Waals surface area contributed by atoms with E-state index in [1.165, 1.54) is 6.07 Å². The maximum Gasteiger partial charge on any atom is 0.323 e. The lowest BCUT2D eigenvalue weighted by atomic mass is 10.2. The van der Waals surface area contributed by atoms with Crippen LogP contribution in [0.15, 0.2) is 12.1 Å². The van der Waals surface area contributed by atoms with Crippen molar-refractivity contribution >= 4 is 46.9 Å². The molecular weight excluding hydrogens is 323 g/mol. The molecule has 0 fully saturated rings. The molecule has 1 aromatic rings. The summed E-state index contributed by atoms with van der Waals surface area (Å²) in [5.41, 5.74) is 0.753. The molecule has 114 valence electrons. The second-order valence-electron chi connectivity index (χ2n) is 4.13. The molecule has 0 aromatic heterocycles. The number of halogens is 2. The van der Waals surface area contributed by atoms with E-state index in [-0.39, 0.29) is 15.7 Å². The molecule has 0 saturated heterocycles. The number of carbonyl (C=O) groups is 3. The first kappa shape index (κ1) is 17.1. The highest BCUT2D eigenvalue weighted by atomic mass is 35.5. The van der Waals surface area contributed by atoms with Crippen LogP contribution in [0, 0.1) is 6.92 Å². The van der Waals surface area contributed by atoms with Crippen LogP contribution in [-0.4, -0.2) is 46.2 Å². The number of carbonyl (C=O) groups excluding carboxylic acids is 1. The van der Waals surface area contributed by atoms with Gasteiger partial charge in [-0.15, -0.1) is 0 Å². The summed E-state index contributed by atoms with van der Waals surface area (Å²) in [6, 6.07) is 2.23. The van der Waals surface area contributed by atoms with Gasteiger partial charge in [0.15, 0.2) is 0 Å². The van der Waals surface area contributed by atoms with Crippen molar-refractivity contribution in [2.24, 2.45) is 0 Å². The van der Waals surface area contributed by atoms with Gasteiger partial charge in [-0.05, 0) is 18.6 Å². The molecule has 3 N–H and O–H groups in total. The van der Waals surface area contributed by atoms with Crippen molar-refractivity contribution in [3.63, 3.8) is 0 Å². The van der Waals surface area contributed by atoms with E-state index in [0.29, 0.717) is 10.5 Å². The quantitative estimate of drug-likeness (QED) is 0.765. The van der Waals surface area contributed by atoms with Crippen molar-refractivity contribution in [2.75, 3.05) is 18.4 Å². The number of nitrogens with zero attached hydrogens (tertiary/aromatic N) is 1. The fourth-order valence-electron chi connectivity index (χ4n) is 1.48. The van der Waals surface area contributed by atoms with Crippen molar-refractivity contribution in [1.82, 2.24) is 4.90 Å². The zero-order valence-electron chi connectivity index (χ0n) is 10.9. The van der Waals surface area contributed by atoms with E-state index in [9.17, 15) is 14.4 Å². The van der Waals surface area contributed by atoms with Gasteiger partial charge in [-0.1, -0.05) is 29.3 Å². The monoisotopic (exact) mass is 334 g/mol. The number of urea groups is 1. The maximum absolute atomic E-state index is 12.0. The van der Waals surface area contributed by atoms with Crippen LogP contribution in [0.25, 0.3) is 0 Å². The number of aliphatic carboxylic acids is 2. The highest BCUT2D eigenvalue weighted by Crippen LogP contribution is 2.33. The van der Waals surface area contributed by atoms with E-state index >= 15 is 0 Å². The SMILES string of the molecule is Cc1ccc(Cl)c(NC(=O)N(CC(=O)O)CC(=O)O)c1Cl. The van der Waals surface area contributed by atoms with Crippen molar-refractivity contribution in [2.45, 2.75) is 6.92 Å². The third kappa shape index (κ3) is 4.80. The standard InChI is InChI=1S/C12H12Cl2N2O5/c1-6-2-3-7(13)11(10(6)14)15-12(21)16(4-8(17)18)5-9(19)20/h2-3H,4-5H2,1H3,(H,15,21)(H,17,18)(H,19,20). The summed E-state index contributed by atoms with van der Waals surface area (Å²) in [5.74, 6) is -2.68. The second-order valence-corrected chi connectivity index (χ2v) is 4.91. The molecule has 0 saturated carbocycles. The third-order valence-electron chi connectivity index (χ3n) is 2.46. The van der Waals surface area contributed by atoms with Crippen LogP contribution < -0.4 is 5.32 Å². The summed E-state index contributed by atoms with van der Waals surface area (Å²) in [5, 5.41) is 20.1. The first-order chi connectivity index (χ1) is 9.72. The molecule has 0 bridgehead atoms. The summed E-state index contributed by atoms with van der Waals surface area (Å²) in [6.45, 7) is 0.166. The Balaban J connectivity index is 2.98. The van der Waals surface area contributed by atoms with Crippen molar-refractivity contribution in [1.29, 1.82) is 0 Å². The van der Waals surface area contributed by atoms with Gasteiger partial charge in [-0.25, -0.2) is 4.79 Å². The van der Waals surface area contributed by atoms with Gasteiger partial charge >= 0.3 is 18.0 Å². The smallest absolute Gasteiger partial charge is 0.323 e. The van der Waals surface area contributed by atoms with Crippen LogP contribution in [0.1, 0.15) is 5.56 Å². The number of anilines is 1. The molecule has 0 aliphatic heterocycles. The fourth-order valence-corrected chi connectivity index (χ4v) is 1.95. The molecule has 0 radical (unpaired) electrons. The molecule has 0 aliphatic rings. The number of nitrogens with one attached hydrogen (secondary N) is 1. The van der Waals surface area contributed by atoms with Gasteiger partial charge in [0, 0.05) is 0 Å². The molecule has 0 heterocycles. The first-order valence-electron chi connectivity index (χ1n) is 5.66. The van der Waals surface area contributed by atoms with E-state index in [1.807, 2.05) is 0 Å². The van der Waals surface area contributed by atoms with Gasteiger partial charge in [0.25, 0.3) is 0 Å². The molecule has 0 atom stereocenters. The minimum Gasteiger partial charge on any atom is -0.480 e. The van der Waals surface area contributed by atoms with E-state index in [0.717, 1.165) is 0 Å². The van der Waals surface area contributed by atoms with Crippen LogP contribution in [0.5, 0.6) is 0 Å². The van der Waals surface area contributed by atoms with Crippen molar-refractivity contribution < 1.29 is 24.6 Å². The summed E-state index contributed by atoms with van der Waals surface area (Å²) >= 11 is 11.9. The highest BCUT2D eigenvalue weighted by molar-refractivity contribution is 6.40. The molecule has 1 rings (SSSR count). The maximum atomic E-state index is 12.0. The Morgan fingerprint density at radius 3 is 2.14 bits per heavy atom. The highest BCUT2D eigenvalue weighted by Gasteiger charge is 2.21. The van der Waals surface area contributed by atoms with Crippen LogP contribution in [0.3, 0.4) is 0 Å². The van der Waals surface area contributed by atoms with Gasteiger partial charge in [0.05, 0.1) is 15.7 Å². The predicted molar refractivity (Wildman–Crippen MR) is 77.1 cm³/mol. The number of aryl methyl sites for hydroxylation is 1. The summed E-state index contributed by atoms with van der Waals surface area (Å²) in [6.07, 6.45) is 0. The van der Waals surface area contributed by atoms with Crippen LogP contribution >= 0.6 is 23.2 Å². The molecule has 0 unspecified atom stereocenters. The fraction of sp³-hybridized carbons (Fsp3) is 0.250. The van der Waals surface area contributed by atoms with Crippen LogP contribution in [0.2, 0.25) is 10.0 Å². The molecule has 21 heavy (non-hydrogen) atoms. The Bertz CT molecular complexity index is 575. The topological polar surface area (TPSA) is 107 Å². The molecular formula is C12H12Cl2N2O5. The van der Waals surface area contributed by atoms with Gasteiger partial charge < -0.3 is 20.4 Å². The average molecular weight is 335 g/mol. The van der Waals surface area contributed by atoms with Gasteiger partial charge in [0.2, 0.25) is 0 Å². The molecule has 0 spiro atoms. The van der Waals surface area contributed by atoms with Crippen molar-refractivity contribution in [3.8, 4) is 0 Å². The number of hydrogen-bond acceptors (Lipinski definition) is 3. The second kappa shape index (κ2) is 7.14. The zero-order valence-corrected chi connectivity index (χ0v) is 12.4. The normalized spacial score (nSPS) is 10.0. The van der Waals surface area contributed by atoms with E-state index in [1.54, 1.807) is 13.0 Å². The van der Waals surface area contributed by atoms with Crippen LogP contribution in [-0.2, 0) is 9.59 Å². The van der Waals surface area contributed by atoms with Crippen LogP contribution in [0.4, 0.5) is 10.5 Å². The Morgan fingerprint density at radius 1 is 1.14 bits per heavy atom. The largest absolute Gasteiger partial charge is 0.480 e. The molecule has 9 heteroatoms. The third-order valence-corrected chi connectivity index (χ3v) is 3.26. The molecule has 1 aromatic carbocycles. The van der Waals surface area contributed by atoms with Gasteiger partial charge in [0.1, 0.15) is 13.1 Å². The Labute approximate surface area is 130 Å². The van der Waals surface area contributed by atoms with E-state index in [4.69, 9.17) is 33.4 Å². The first-order valence-corrected chi connectivity index (χ1v) is 6.42. The predicted octanol–water partition coefficient (Wildman–Crippen LogP) is 2.30. The van der Waals surface area contributed by atoms with Crippen molar-refractivity contribution in [3.05, 3.63) is 27.7 Å². The summed E-state index contributed by atoms with van der Waals surface area (Å²) < 4.78 is 0. The van der Waals surface area contributed by atoms with E-state index in [2.05, 4.69) is 5.32 Å². The molecule has 2 amide bonds. The Hall–Kier alpha value is -1.99. The summed E-state index contributed by atoms with van der Waals surface area (Å²) in [7, 11) is 0. The lowest BCUT2D eigenvalue weighted by Gasteiger charge is -2.20.